The van der Waals surface area contributed by atoms with Crippen LogP contribution in [0.1, 0.15) is 43.9 Å². The fraction of sp³-hybridized carbons (Fsp3) is 0.423. The van der Waals surface area contributed by atoms with Crippen LogP contribution in [0.4, 0.5) is 5.69 Å². The maximum Gasteiger partial charge on any atom is 0.240 e. The lowest BCUT2D eigenvalue weighted by atomic mass is 9.94. The minimum atomic E-state index is -0.718. The topological polar surface area (TPSA) is 119 Å². The van der Waals surface area contributed by atoms with Crippen LogP contribution in [0.5, 0.6) is 5.75 Å². The number of aliphatic hydroxyl groups is 1. The molecule has 2 atom stereocenters. The van der Waals surface area contributed by atoms with Crippen molar-refractivity contribution in [2.24, 2.45) is 11.0 Å². The second-order valence-electron chi connectivity index (χ2n) is 9.41. The first-order valence-corrected chi connectivity index (χ1v) is 11.4. The third kappa shape index (κ3) is 7.04. The van der Waals surface area contributed by atoms with Gasteiger partial charge in [-0.25, -0.2) is 5.43 Å². The van der Waals surface area contributed by atoms with Gasteiger partial charge in [-0.3, -0.25) is 4.79 Å². The molecular formula is C26H33N5O3. The van der Waals surface area contributed by atoms with Gasteiger partial charge in [-0.2, -0.15) is 10.4 Å². The number of carbonyl (C=O) groups excluding carboxylic acids is 1. The molecule has 8 heteroatoms. The Labute approximate surface area is 201 Å². The number of hydrazone groups is 1. The van der Waals surface area contributed by atoms with Crippen LogP contribution < -0.4 is 20.8 Å². The number of nitriles is 1. The van der Waals surface area contributed by atoms with Crippen LogP contribution in [0.25, 0.3) is 0 Å². The highest BCUT2D eigenvalue weighted by atomic mass is 16.5. The molecule has 3 rings (SSSR count). The smallest absolute Gasteiger partial charge is 0.240 e. The first kappa shape index (κ1) is 25.2. The zero-order chi connectivity index (χ0) is 24.7. The summed E-state index contributed by atoms with van der Waals surface area (Å²) in [5.41, 5.74) is 6.57. The lowest BCUT2D eigenvalue weighted by molar-refractivity contribution is -0.121. The Morgan fingerprint density at radius 1 is 1.29 bits per heavy atom. The molecule has 0 radical (unpaired) electrons. The van der Waals surface area contributed by atoms with Gasteiger partial charge in [0, 0.05) is 36.7 Å². The van der Waals surface area contributed by atoms with E-state index in [9.17, 15) is 15.2 Å². The zero-order valence-electron chi connectivity index (χ0n) is 20.2. The van der Waals surface area contributed by atoms with E-state index >= 15 is 0 Å². The third-order valence-electron chi connectivity index (χ3n) is 5.68. The number of benzene rings is 2. The molecule has 2 aromatic carbocycles. The standard InChI is InChI=1S/C26H33N5O3/c1-17-5-6-20(13-27)23(11-17)34-15-22(32)14-29-26(3,4)16-28-21-9-7-19(8-10-21)25-18(2)12-24(33)30-31-25/h5-11,18,22,28-29,32H,12,14-16H2,1-4H3,(H,30,33). The highest BCUT2D eigenvalue weighted by Gasteiger charge is 2.22. The first-order chi connectivity index (χ1) is 16.2. The molecule has 1 amide bonds. The van der Waals surface area contributed by atoms with E-state index in [4.69, 9.17) is 4.74 Å². The number of aliphatic hydroxyl groups excluding tert-OH is 1. The molecule has 0 spiro atoms. The van der Waals surface area contributed by atoms with Crippen molar-refractivity contribution in [2.45, 2.75) is 45.8 Å². The summed E-state index contributed by atoms with van der Waals surface area (Å²) in [7, 11) is 0. The van der Waals surface area contributed by atoms with E-state index in [0.717, 1.165) is 22.5 Å². The Morgan fingerprint density at radius 2 is 2.03 bits per heavy atom. The van der Waals surface area contributed by atoms with Gasteiger partial charge in [0.25, 0.3) is 0 Å². The zero-order valence-corrected chi connectivity index (χ0v) is 20.2. The number of carbonyl (C=O) groups is 1. The molecule has 34 heavy (non-hydrogen) atoms. The number of nitrogens with one attached hydrogen (secondary N) is 3. The van der Waals surface area contributed by atoms with E-state index in [1.54, 1.807) is 12.1 Å². The lowest BCUT2D eigenvalue weighted by Crippen LogP contribution is -2.49. The van der Waals surface area contributed by atoms with Crippen LogP contribution in [-0.4, -0.2) is 48.1 Å². The number of aryl methyl sites for hydroxylation is 1. The summed E-state index contributed by atoms with van der Waals surface area (Å²) in [6.45, 7) is 9.13. The molecular weight excluding hydrogens is 430 g/mol. The predicted molar refractivity (Wildman–Crippen MR) is 133 cm³/mol. The molecule has 1 heterocycles. The van der Waals surface area contributed by atoms with Crippen molar-refractivity contribution in [1.29, 1.82) is 5.26 Å². The number of anilines is 1. The van der Waals surface area contributed by atoms with E-state index in [2.05, 4.69) is 41.1 Å². The van der Waals surface area contributed by atoms with Crippen LogP contribution in [0.15, 0.2) is 47.6 Å². The average Bonchev–Trinajstić information content (AvgIpc) is 2.81. The van der Waals surface area contributed by atoms with E-state index in [1.165, 1.54) is 0 Å². The second-order valence-corrected chi connectivity index (χ2v) is 9.41. The van der Waals surface area contributed by atoms with Crippen LogP contribution in [0, 0.1) is 24.2 Å². The van der Waals surface area contributed by atoms with Crippen LogP contribution in [0.2, 0.25) is 0 Å². The maximum absolute atomic E-state index is 11.5. The molecule has 0 aromatic heterocycles. The first-order valence-electron chi connectivity index (χ1n) is 11.4. The molecule has 0 saturated carbocycles. The lowest BCUT2D eigenvalue weighted by Gasteiger charge is -2.28. The number of nitrogens with zero attached hydrogens (tertiary/aromatic N) is 2. The van der Waals surface area contributed by atoms with Gasteiger partial charge in [0.1, 0.15) is 24.5 Å². The Hall–Kier alpha value is -3.41. The van der Waals surface area contributed by atoms with Gasteiger partial charge in [0.05, 0.1) is 11.3 Å². The number of hydrogen-bond acceptors (Lipinski definition) is 7. The number of β-amino-alcohol motifs (C(OH)–C–C–N with tert-alkyl or cyclic N) is 1. The van der Waals surface area contributed by atoms with Gasteiger partial charge in [-0.15, -0.1) is 0 Å². The highest BCUT2D eigenvalue weighted by Crippen LogP contribution is 2.20. The Kier molecular flexibility index (Phi) is 8.26. The second kappa shape index (κ2) is 11.1. The van der Waals surface area contributed by atoms with Gasteiger partial charge >= 0.3 is 0 Å². The third-order valence-corrected chi connectivity index (χ3v) is 5.68. The molecule has 4 N–H and O–H groups in total. The van der Waals surface area contributed by atoms with Crippen LogP contribution in [0.3, 0.4) is 0 Å². The quantitative estimate of drug-likeness (QED) is 0.430. The largest absolute Gasteiger partial charge is 0.489 e. The summed E-state index contributed by atoms with van der Waals surface area (Å²) in [6, 6.07) is 15.5. The van der Waals surface area contributed by atoms with Crippen molar-refractivity contribution in [3.63, 3.8) is 0 Å². The summed E-state index contributed by atoms with van der Waals surface area (Å²) in [6.07, 6.45) is -0.274. The molecule has 8 nitrogen and oxygen atoms in total. The normalized spacial score (nSPS) is 16.8. The van der Waals surface area contributed by atoms with E-state index in [0.29, 0.717) is 30.8 Å². The number of hydrogen-bond donors (Lipinski definition) is 4. The van der Waals surface area contributed by atoms with E-state index in [-0.39, 0.29) is 24.0 Å². The monoisotopic (exact) mass is 463 g/mol. The number of ether oxygens (including phenoxy) is 1. The van der Waals surface area contributed by atoms with Crippen LogP contribution >= 0.6 is 0 Å². The fourth-order valence-corrected chi connectivity index (χ4v) is 3.63. The summed E-state index contributed by atoms with van der Waals surface area (Å²) >= 11 is 0. The molecule has 0 bridgehead atoms. The molecule has 0 saturated heterocycles. The average molecular weight is 464 g/mol. The van der Waals surface area contributed by atoms with Crippen molar-refractivity contribution >= 4 is 17.3 Å². The van der Waals surface area contributed by atoms with Crippen molar-refractivity contribution < 1.29 is 14.6 Å². The Balaban J connectivity index is 1.46. The molecule has 2 unspecified atom stereocenters. The number of amides is 1. The molecule has 1 aliphatic rings. The highest BCUT2D eigenvalue weighted by molar-refractivity contribution is 6.05. The summed E-state index contributed by atoms with van der Waals surface area (Å²) in [4.78, 5) is 11.5. The van der Waals surface area contributed by atoms with Crippen molar-refractivity contribution in [1.82, 2.24) is 10.7 Å². The minimum absolute atomic E-state index is 0.0527. The molecule has 1 aliphatic heterocycles. The van der Waals surface area contributed by atoms with Gasteiger partial charge in [-0.1, -0.05) is 25.1 Å². The van der Waals surface area contributed by atoms with Gasteiger partial charge in [-0.05, 0) is 56.2 Å². The van der Waals surface area contributed by atoms with E-state index in [1.807, 2.05) is 44.2 Å². The Bertz CT molecular complexity index is 1070. The van der Waals surface area contributed by atoms with E-state index < -0.39 is 6.10 Å². The summed E-state index contributed by atoms with van der Waals surface area (Å²) in [5.74, 6) is 0.522. The van der Waals surface area contributed by atoms with Crippen molar-refractivity contribution in [3.8, 4) is 11.8 Å². The number of rotatable bonds is 10. The van der Waals surface area contributed by atoms with Gasteiger partial charge < -0.3 is 20.5 Å². The predicted octanol–water partition coefficient (Wildman–Crippen LogP) is 2.95. The van der Waals surface area contributed by atoms with Gasteiger partial charge in [0.15, 0.2) is 0 Å². The molecule has 2 aromatic rings. The molecule has 0 aliphatic carbocycles. The molecule has 0 fully saturated rings. The van der Waals surface area contributed by atoms with Gasteiger partial charge in [0.2, 0.25) is 5.91 Å². The summed E-state index contributed by atoms with van der Waals surface area (Å²) < 4.78 is 5.68. The van der Waals surface area contributed by atoms with Crippen LogP contribution in [-0.2, 0) is 4.79 Å². The SMILES string of the molecule is Cc1ccc(C#N)c(OCC(O)CNC(C)(C)CNc2ccc(C3=NNC(=O)CC3C)cc2)c1. The maximum atomic E-state index is 11.5. The fourth-order valence-electron chi connectivity index (χ4n) is 3.63. The van der Waals surface area contributed by atoms with Crippen molar-refractivity contribution in [3.05, 3.63) is 59.2 Å². The Morgan fingerprint density at radius 3 is 2.71 bits per heavy atom. The molecule has 180 valence electrons. The van der Waals surface area contributed by atoms with Crippen molar-refractivity contribution in [2.75, 3.05) is 25.0 Å². The summed E-state index contributed by atoms with van der Waals surface area (Å²) in [5, 5.41) is 30.5. The minimum Gasteiger partial charge on any atom is -0.489 e.